The Morgan fingerprint density at radius 3 is 2.52 bits per heavy atom. The number of nitrogens with one attached hydrogen (secondary N) is 2. The summed E-state index contributed by atoms with van der Waals surface area (Å²) >= 11 is 20.2. The number of benzene rings is 2. The van der Waals surface area contributed by atoms with Crippen molar-refractivity contribution in [2.45, 2.75) is 25.3 Å². The standard InChI is InChI=1S/C28H26Cl3N3O5S/c29-20-3-1-2-18(13-20)27(38)32-15-19(14-23(36)37)28(39)33-21-6-9-34(10-7-21)22(35)5-4-16-12-17-8-11-40-26(17)25(31)24(16)30/h1-5,8,11-13,19,21H,6-7,9-10,14-15H2,(H,32,38)(H,33,39)(H,36,37). The molecule has 0 aliphatic carbocycles. The van der Waals surface area contributed by atoms with Gasteiger partial charge in [-0.25, -0.2) is 0 Å². The number of piperidine rings is 1. The Kier molecular flexibility index (Phi) is 10.1. The second kappa shape index (κ2) is 13.5. The van der Waals surface area contributed by atoms with Crippen LogP contribution in [-0.2, 0) is 14.4 Å². The summed E-state index contributed by atoms with van der Waals surface area (Å²) in [6.07, 6.45) is 3.68. The summed E-state index contributed by atoms with van der Waals surface area (Å²) in [6.45, 7) is 0.692. The highest BCUT2D eigenvalue weighted by Gasteiger charge is 2.28. The number of carboxylic acids is 1. The quantitative estimate of drug-likeness (QED) is 0.273. The molecule has 1 atom stereocenters. The molecule has 4 rings (SSSR count). The second-order valence-corrected chi connectivity index (χ2v) is 11.5. The molecule has 3 aromatic rings. The number of carbonyl (C=O) groups is 4. The summed E-state index contributed by atoms with van der Waals surface area (Å²) in [5.41, 5.74) is 0.963. The molecule has 0 saturated carbocycles. The molecular weight excluding hydrogens is 597 g/mol. The van der Waals surface area contributed by atoms with Gasteiger partial charge in [0.1, 0.15) is 0 Å². The van der Waals surface area contributed by atoms with Crippen LogP contribution in [0.5, 0.6) is 0 Å². The van der Waals surface area contributed by atoms with E-state index in [0.717, 1.165) is 10.1 Å². The number of fused-ring (bicyclic) bond motifs is 1. The number of hydrogen-bond donors (Lipinski definition) is 3. The molecule has 1 aromatic heterocycles. The Balaban J connectivity index is 1.29. The van der Waals surface area contributed by atoms with Crippen LogP contribution in [0.3, 0.4) is 0 Å². The fourth-order valence-corrected chi connectivity index (χ4v) is 6.07. The predicted octanol–water partition coefficient (Wildman–Crippen LogP) is 5.50. The van der Waals surface area contributed by atoms with E-state index in [1.807, 2.05) is 17.5 Å². The van der Waals surface area contributed by atoms with Gasteiger partial charge in [-0.2, -0.15) is 0 Å². The van der Waals surface area contributed by atoms with E-state index < -0.39 is 30.1 Å². The first-order chi connectivity index (χ1) is 19.1. The van der Waals surface area contributed by atoms with E-state index >= 15 is 0 Å². The Morgan fingerprint density at radius 1 is 1.07 bits per heavy atom. The fraction of sp³-hybridized carbons (Fsp3) is 0.286. The van der Waals surface area contributed by atoms with Crippen molar-refractivity contribution in [2.75, 3.05) is 19.6 Å². The number of halogens is 3. The average Bonchev–Trinajstić information content (AvgIpc) is 3.41. The van der Waals surface area contributed by atoms with Crippen molar-refractivity contribution in [2.24, 2.45) is 5.92 Å². The summed E-state index contributed by atoms with van der Waals surface area (Å²) in [7, 11) is 0. The van der Waals surface area contributed by atoms with Gasteiger partial charge in [0.15, 0.2) is 0 Å². The van der Waals surface area contributed by atoms with Gasteiger partial charge in [0.2, 0.25) is 11.8 Å². The molecule has 210 valence electrons. The van der Waals surface area contributed by atoms with Crippen LogP contribution in [0.1, 0.15) is 35.2 Å². The van der Waals surface area contributed by atoms with E-state index in [4.69, 9.17) is 34.8 Å². The number of likely N-dealkylation sites (tertiary alicyclic amines) is 1. The normalized spacial score (nSPS) is 14.8. The first-order valence-corrected chi connectivity index (χ1v) is 14.5. The smallest absolute Gasteiger partial charge is 0.304 e. The van der Waals surface area contributed by atoms with Crippen LogP contribution in [0.4, 0.5) is 0 Å². The molecular formula is C28H26Cl3N3O5S. The number of nitrogens with zero attached hydrogens (tertiary/aromatic N) is 1. The molecule has 12 heteroatoms. The highest BCUT2D eigenvalue weighted by Crippen LogP contribution is 2.37. The van der Waals surface area contributed by atoms with Crippen molar-refractivity contribution in [1.82, 2.24) is 15.5 Å². The van der Waals surface area contributed by atoms with Crippen LogP contribution < -0.4 is 10.6 Å². The maximum absolute atomic E-state index is 12.9. The number of amides is 3. The molecule has 0 spiro atoms. The van der Waals surface area contributed by atoms with E-state index in [2.05, 4.69) is 10.6 Å². The van der Waals surface area contributed by atoms with E-state index in [0.29, 0.717) is 52.1 Å². The molecule has 1 aliphatic rings. The molecule has 8 nitrogen and oxygen atoms in total. The van der Waals surface area contributed by atoms with Gasteiger partial charge in [0.25, 0.3) is 5.91 Å². The van der Waals surface area contributed by atoms with Gasteiger partial charge >= 0.3 is 5.97 Å². The Morgan fingerprint density at radius 2 is 1.82 bits per heavy atom. The lowest BCUT2D eigenvalue weighted by molar-refractivity contribution is -0.141. The third kappa shape index (κ3) is 7.54. The first kappa shape index (κ1) is 29.9. The Hall–Kier alpha value is -3.11. The van der Waals surface area contributed by atoms with Crippen molar-refractivity contribution >= 4 is 86.0 Å². The maximum Gasteiger partial charge on any atom is 0.304 e. The minimum atomic E-state index is -1.15. The number of rotatable bonds is 9. The summed E-state index contributed by atoms with van der Waals surface area (Å²) in [6, 6.07) is 9.91. The van der Waals surface area contributed by atoms with Crippen LogP contribution in [0.15, 0.2) is 47.9 Å². The number of thiophene rings is 1. The van der Waals surface area contributed by atoms with E-state index in [1.54, 1.807) is 29.2 Å². The molecule has 3 amide bonds. The fourth-order valence-electron chi connectivity index (χ4n) is 4.44. The average molecular weight is 623 g/mol. The number of carbonyl (C=O) groups excluding carboxylic acids is 3. The number of hydrogen-bond acceptors (Lipinski definition) is 5. The molecule has 1 fully saturated rings. The van der Waals surface area contributed by atoms with Crippen LogP contribution in [0.25, 0.3) is 16.2 Å². The van der Waals surface area contributed by atoms with Gasteiger partial charge in [-0.15, -0.1) is 11.3 Å². The van der Waals surface area contributed by atoms with Gasteiger partial charge in [-0.05, 0) is 65.6 Å². The monoisotopic (exact) mass is 621 g/mol. The van der Waals surface area contributed by atoms with Gasteiger partial charge in [-0.3, -0.25) is 19.2 Å². The van der Waals surface area contributed by atoms with Gasteiger partial charge in [0, 0.05) is 42.3 Å². The summed E-state index contributed by atoms with van der Waals surface area (Å²) in [5, 5.41) is 18.9. The third-order valence-corrected chi connectivity index (χ3v) is 8.78. The summed E-state index contributed by atoms with van der Waals surface area (Å²) in [4.78, 5) is 51.1. The van der Waals surface area contributed by atoms with Crippen molar-refractivity contribution < 1.29 is 24.3 Å². The lowest BCUT2D eigenvalue weighted by atomic mass is 10.0. The van der Waals surface area contributed by atoms with Crippen LogP contribution >= 0.6 is 46.1 Å². The molecule has 1 unspecified atom stereocenters. The zero-order chi connectivity index (χ0) is 28.8. The third-order valence-electron chi connectivity index (χ3n) is 6.60. The van der Waals surface area contributed by atoms with Gasteiger partial charge in [-0.1, -0.05) is 40.9 Å². The predicted molar refractivity (Wildman–Crippen MR) is 158 cm³/mol. The maximum atomic E-state index is 12.9. The van der Waals surface area contributed by atoms with Crippen LogP contribution in [0, 0.1) is 5.92 Å². The summed E-state index contributed by atoms with van der Waals surface area (Å²) in [5.74, 6) is -3.21. The van der Waals surface area contributed by atoms with Gasteiger partial charge in [0.05, 0.1) is 27.1 Å². The van der Waals surface area contributed by atoms with E-state index in [9.17, 15) is 24.3 Å². The second-order valence-electron chi connectivity index (χ2n) is 9.39. The Labute approximate surface area is 249 Å². The van der Waals surface area contributed by atoms with Crippen molar-refractivity contribution in [3.63, 3.8) is 0 Å². The lowest BCUT2D eigenvalue weighted by Crippen LogP contribution is -2.49. The molecule has 2 heterocycles. The van der Waals surface area contributed by atoms with Crippen molar-refractivity contribution in [3.8, 4) is 0 Å². The van der Waals surface area contributed by atoms with Crippen LogP contribution in [-0.4, -0.2) is 59.4 Å². The topological polar surface area (TPSA) is 116 Å². The van der Waals surface area contributed by atoms with E-state index in [1.165, 1.54) is 23.5 Å². The first-order valence-electron chi connectivity index (χ1n) is 12.5. The number of aliphatic carboxylic acids is 1. The zero-order valence-corrected chi connectivity index (χ0v) is 24.2. The van der Waals surface area contributed by atoms with Crippen molar-refractivity contribution in [1.29, 1.82) is 0 Å². The largest absolute Gasteiger partial charge is 0.481 e. The highest BCUT2D eigenvalue weighted by molar-refractivity contribution is 7.18. The minimum absolute atomic E-state index is 0.143. The molecule has 40 heavy (non-hydrogen) atoms. The van der Waals surface area contributed by atoms with E-state index in [-0.39, 0.29) is 18.5 Å². The van der Waals surface area contributed by atoms with Crippen molar-refractivity contribution in [3.05, 3.63) is 74.0 Å². The molecule has 0 radical (unpaired) electrons. The Bertz CT molecular complexity index is 1470. The highest BCUT2D eigenvalue weighted by atomic mass is 35.5. The summed E-state index contributed by atoms with van der Waals surface area (Å²) < 4.78 is 0.897. The number of carboxylic acid groups (broad SMARTS) is 1. The zero-order valence-electron chi connectivity index (χ0n) is 21.2. The minimum Gasteiger partial charge on any atom is -0.481 e. The molecule has 1 aliphatic heterocycles. The van der Waals surface area contributed by atoms with Gasteiger partial charge < -0.3 is 20.6 Å². The molecule has 2 aromatic carbocycles. The van der Waals surface area contributed by atoms with Crippen LogP contribution in [0.2, 0.25) is 15.1 Å². The SMILES string of the molecule is O=C(O)CC(CNC(=O)c1cccc(Cl)c1)C(=O)NC1CCN(C(=O)C=Cc2cc3ccsc3c(Cl)c2Cl)CC1. The lowest BCUT2D eigenvalue weighted by Gasteiger charge is -2.32. The molecule has 1 saturated heterocycles. The molecule has 0 bridgehead atoms. The molecule has 3 N–H and O–H groups in total.